The van der Waals surface area contributed by atoms with Crippen molar-refractivity contribution in [2.24, 2.45) is 23.7 Å². The summed E-state index contributed by atoms with van der Waals surface area (Å²) < 4.78 is 0. The standard InChI is InChI=1S/C12H25/c1-7-10(4)12(6)11(5)8-9(2)3/h9-12H,2,7-8H2,1,3-6H3. The second-order valence-corrected chi connectivity index (χ2v) is 4.56. The van der Waals surface area contributed by atoms with Gasteiger partial charge in [-0.15, -0.1) is 0 Å². The summed E-state index contributed by atoms with van der Waals surface area (Å²) in [6.07, 6.45) is 2.57. The van der Waals surface area contributed by atoms with E-state index < -0.39 is 0 Å². The molecule has 0 heteroatoms. The molecule has 4 unspecified atom stereocenters. The van der Waals surface area contributed by atoms with Gasteiger partial charge in [0.05, 0.1) is 0 Å². The van der Waals surface area contributed by atoms with Gasteiger partial charge in [-0.2, -0.15) is 0 Å². The van der Waals surface area contributed by atoms with Crippen molar-refractivity contribution in [2.45, 2.75) is 47.5 Å². The van der Waals surface area contributed by atoms with E-state index >= 15 is 0 Å². The van der Waals surface area contributed by atoms with Crippen LogP contribution in [-0.4, -0.2) is 0 Å². The number of hydrogen-bond donors (Lipinski definition) is 0. The molecular formula is C12H25. The molecule has 0 spiro atoms. The first-order valence-electron chi connectivity index (χ1n) is 5.32. The Bertz CT molecular complexity index is 105. The van der Waals surface area contributed by atoms with Gasteiger partial charge in [0, 0.05) is 0 Å². The largest absolute Gasteiger partial charge is 0.0651 e. The van der Waals surface area contributed by atoms with E-state index in [0.717, 1.165) is 17.8 Å². The van der Waals surface area contributed by atoms with Gasteiger partial charge in [-0.05, 0) is 30.1 Å². The van der Waals surface area contributed by atoms with Crippen molar-refractivity contribution in [3.63, 3.8) is 0 Å². The van der Waals surface area contributed by atoms with E-state index in [1.165, 1.54) is 12.8 Å². The second-order valence-electron chi connectivity index (χ2n) is 4.56. The molecule has 0 saturated heterocycles. The molecule has 73 valence electrons. The number of rotatable bonds is 5. The van der Waals surface area contributed by atoms with Gasteiger partial charge in [0.15, 0.2) is 0 Å². The van der Waals surface area contributed by atoms with E-state index in [9.17, 15) is 0 Å². The Hall–Kier alpha value is 0. The second kappa shape index (κ2) is 5.61. The quantitative estimate of drug-likeness (QED) is 0.579. The lowest BCUT2D eigenvalue weighted by atomic mass is 9.80. The van der Waals surface area contributed by atoms with Gasteiger partial charge in [0.1, 0.15) is 0 Å². The van der Waals surface area contributed by atoms with Gasteiger partial charge in [0.25, 0.3) is 0 Å². The molecule has 0 aliphatic heterocycles. The zero-order valence-corrected chi connectivity index (χ0v) is 9.43. The van der Waals surface area contributed by atoms with Crippen molar-refractivity contribution in [1.82, 2.24) is 0 Å². The SMILES string of the molecule is [CH2]C(C)CC(C)C(C)C(C)CC. The van der Waals surface area contributed by atoms with Crippen LogP contribution in [0.15, 0.2) is 0 Å². The highest BCUT2D eigenvalue weighted by Gasteiger charge is 2.18. The molecule has 0 saturated carbocycles. The molecule has 0 amide bonds. The first-order valence-corrected chi connectivity index (χ1v) is 5.32. The minimum atomic E-state index is 0.603. The van der Waals surface area contributed by atoms with Crippen molar-refractivity contribution in [3.8, 4) is 0 Å². The van der Waals surface area contributed by atoms with Crippen LogP contribution in [0.5, 0.6) is 0 Å². The summed E-state index contributed by atoms with van der Waals surface area (Å²) in [5, 5.41) is 0. The summed E-state index contributed by atoms with van der Waals surface area (Å²) in [4.78, 5) is 0. The van der Waals surface area contributed by atoms with E-state index in [2.05, 4.69) is 41.5 Å². The third-order valence-corrected chi connectivity index (χ3v) is 3.21. The van der Waals surface area contributed by atoms with Crippen LogP contribution >= 0.6 is 0 Å². The molecule has 0 rings (SSSR count). The van der Waals surface area contributed by atoms with Crippen molar-refractivity contribution >= 4 is 0 Å². The van der Waals surface area contributed by atoms with E-state index in [-0.39, 0.29) is 0 Å². The maximum Gasteiger partial charge on any atom is -0.0391 e. The lowest BCUT2D eigenvalue weighted by Crippen LogP contribution is -2.17. The van der Waals surface area contributed by atoms with Crippen molar-refractivity contribution in [2.75, 3.05) is 0 Å². The van der Waals surface area contributed by atoms with Gasteiger partial charge >= 0.3 is 0 Å². The maximum absolute atomic E-state index is 4.05. The van der Waals surface area contributed by atoms with E-state index in [4.69, 9.17) is 0 Å². The zero-order valence-electron chi connectivity index (χ0n) is 9.43. The van der Waals surface area contributed by atoms with E-state index in [0.29, 0.717) is 5.92 Å². The minimum Gasteiger partial charge on any atom is -0.0651 e. The van der Waals surface area contributed by atoms with Crippen LogP contribution < -0.4 is 0 Å². The lowest BCUT2D eigenvalue weighted by Gasteiger charge is -2.26. The average molecular weight is 169 g/mol. The smallest absolute Gasteiger partial charge is 0.0391 e. The molecule has 0 N–H and O–H groups in total. The Morgan fingerprint density at radius 3 is 1.83 bits per heavy atom. The summed E-state index contributed by atoms with van der Waals surface area (Å²) in [7, 11) is 0. The zero-order chi connectivity index (χ0) is 9.72. The Morgan fingerprint density at radius 2 is 1.50 bits per heavy atom. The third-order valence-electron chi connectivity index (χ3n) is 3.21. The highest BCUT2D eigenvalue weighted by atomic mass is 14.2. The van der Waals surface area contributed by atoms with Gasteiger partial charge in [-0.3, -0.25) is 0 Å². The van der Waals surface area contributed by atoms with Crippen LogP contribution in [0.4, 0.5) is 0 Å². The van der Waals surface area contributed by atoms with Crippen molar-refractivity contribution < 1.29 is 0 Å². The number of hydrogen-bond acceptors (Lipinski definition) is 0. The Labute approximate surface area is 78.8 Å². The third kappa shape index (κ3) is 4.13. The Morgan fingerprint density at radius 1 is 1.00 bits per heavy atom. The summed E-state index contributed by atoms with van der Waals surface area (Å²) in [6.45, 7) is 15.6. The van der Waals surface area contributed by atoms with Gasteiger partial charge < -0.3 is 0 Å². The first-order chi connectivity index (χ1) is 5.49. The topological polar surface area (TPSA) is 0 Å². The normalized spacial score (nSPS) is 19.2. The van der Waals surface area contributed by atoms with Crippen molar-refractivity contribution in [1.29, 1.82) is 0 Å². The van der Waals surface area contributed by atoms with Gasteiger partial charge in [-0.1, -0.05) is 48.0 Å². The highest BCUT2D eigenvalue weighted by molar-refractivity contribution is 4.70. The predicted octanol–water partition coefficient (Wildman–Crippen LogP) is 4.16. The van der Waals surface area contributed by atoms with Crippen LogP contribution in [0.1, 0.15) is 47.5 Å². The fourth-order valence-corrected chi connectivity index (χ4v) is 1.78. The Balaban J connectivity index is 3.83. The monoisotopic (exact) mass is 169 g/mol. The van der Waals surface area contributed by atoms with Crippen LogP contribution in [0.25, 0.3) is 0 Å². The van der Waals surface area contributed by atoms with Crippen molar-refractivity contribution in [3.05, 3.63) is 6.92 Å². The molecule has 0 heterocycles. The molecule has 0 aliphatic carbocycles. The molecule has 0 aromatic carbocycles. The molecular weight excluding hydrogens is 144 g/mol. The fourth-order valence-electron chi connectivity index (χ4n) is 1.78. The van der Waals surface area contributed by atoms with Crippen LogP contribution in [0, 0.1) is 30.6 Å². The predicted molar refractivity (Wildman–Crippen MR) is 56.9 cm³/mol. The summed E-state index contributed by atoms with van der Waals surface area (Å²) in [6, 6.07) is 0. The van der Waals surface area contributed by atoms with E-state index in [1.54, 1.807) is 0 Å². The molecule has 0 nitrogen and oxygen atoms in total. The van der Waals surface area contributed by atoms with Gasteiger partial charge in [0.2, 0.25) is 0 Å². The molecule has 12 heavy (non-hydrogen) atoms. The molecule has 0 aromatic heterocycles. The van der Waals surface area contributed by atoms with Crippen LogP contribution in [0.2, 0.25) is 0 Å². The van der Waals surface area contributed by atoms with Gasteiger partial charge in [-0.25, -0.2) is 0 Å². The molecule has 0 bridgehead atoms. The maximum atomic E-state index is 4.05. The van der Waals surface area contributed by atoms with Crippen LogP contribution in [-0.2, 0) is 0 Å². The molecule has 0 aromatic rings. The molecule has 1 radical (unpaired) electrons. The fraction of sp³-hybridized carbons (Fsp3) is 0.917. The highest BCUT2D eigenvalue weighted by Crippen LogP contribution is 2.27. The Kier molecular flexibility index (Phi) is 5.61. The lowest BCUT2D eigenvalue weighted by molar-refractivity contribution is 0.246. The molecule has 0 aliphatic rings. The molecule has 0 fully saturated rings. The summed E-state index contributed by atoms with van der Waals surface area (Å²) in [5.74, 6) is 3.14. The summed E-state index contributed by atoms with van der Waals surface area (Å²) >= 11 is 0. The average Bonchev–Trinajstić information content (AvgIpc) is 2.00. The first kappa shape index (κ1) is 12.0. The van der Waals surface area contributed by atoms with Crippen LogP contribution in [0.3, 0.4) is 0 Å². The van der Waals surface area contributed by atoms with E-state index in [1.807, 2.05) is 0 Å². The summed E-state index contributed by atoms with van der Waals surface area (Å²) in [5.41, 5.74) is 0. The molecule has 4 atom stereocenters. The minimum absolute atomic E-state index is 0.603.